The van der Waals surface area contributed by atoms with Gasteiger partial charge >= 0.3 is 67.7 Å². The van der Waals surface area contributed by atoms with Gasteiger partial charge in [0.1, 0.15) is 0 Å². The Morgan fingerprint density at radius 1 is 1.00 bits per heavy atom. The smallest absolute Gasteiger partial charge is 2.00 e. The van der Waals surface area contributed by atoms with E-state index in [9.17, 15) is 0 Å². The van der Waals surface area contributed by atoms with Crippen molar-refractivity contribution in [1.29, 1.82) is 0 Å². The second-order valence-electron chi connectivity index (χ2n) is 0. The van der Waals surface area contributed by atoms with Gasteiger partial charge in [-0.25, -0.2) is 0 Å². The summed E-state index contributed by atoms with van der Waals surface area (Å²) in [5.74, 6) is 0. The van der Waals surface area contributed by atoms with Crippen LogP contribution in [-0.4, -0.2) is 17.4 Å². The molecule has 0 rings (SSSR count). The normalized spacial score (nSPS) is 0. The standard InChI is InChI=1S/Al.Co.Mn.Ni.O/q+3;3*+2;-2. The first kappa shape index (κ1) is 62.6. The van der Waals surface area contributed by atoms with E-state index >= 15 is 0 Å². The van der Waals surface area contributed by atoms with Crippen LogP contribution in [0.1, 0.15) is 0 Å². The number of hydrogen-bond donors (Lipinski definition) is 0. The van der Waals surface area contributed by atoms with E-state index in [4.69, 9.17) is 0 Å². The molecule has 0 aliphatic rings. The quantitative estimate of drug-likeness (QED) is 0.487. The zero-order chi connectivity index (χ0) is 0. The Morgan fingerprint density at radius 2 is 1.00 bits per heavy atom. The fourth-order valence-electron chi connectivity index (χ4n) is 0. The second kappa shape index (κ2) is 37.3. The number of hydrogen-bond acceptors (Lipinski definition) is 0. The Bertz CT molecular complexity index is 11.6. The van der Waals surface area contributed by atoms with Crippen molar-refractivity contribution in [3.63, 3.8) is 0 Å². The molecule has 2 radical (unpaired) electrons. The fourth-order valence-corrected chi connectivity index (χ4v) is 0. The molecule has 0 amide bonds. The molecule has 0 aromatic carbocycles. The first-order valence-corrected chi connectivity index (χ1v) is 0. The molecule has 28 valence electrons. The SMILES string of the molecule is [Al+3].[Co+2].[Mn+2].[Ni+2].[O-2]. The second-order valence-corrected chi connectivity index (χ2v) is 0. The summed E-state index contributed by atoms with van der Waals surface area (Å²) < 4.78 is 0. The van der Waals surface area contributed by atoms with E-state index in [0.29, 0.717) is 0 Å². The molecule has 0 aromatic rings. The summed E-state index contributed by atoms with van der Waals surface area (Å²) in [6.07, 6.45) is 0. The van der Waals surface area contributed by atoms with Gasteiger partial charge in [0.05, 0.1) is 0 Å². The third-order valence-corrected chi connectivity index (χ3v) is 0. The summed E-state index contributed by atoms with van der Waals surface area (Å²) in [6, 6.07) is 0. The van der Waals surface area contributed by atoms with Gasteiger partial charge in [-0.3, -0.25) is 0 Å². The van der Waals surface area contributed by atoms with Crippen molar-refractivity contribution in [2.24, 2.45) is 0 Å². The van der Waals surface area contributed by atoms with Gasteiger partial charge in [-0.15, -0.1) is 0 Å². The molecule has 0 atom stereocenters. The molecule has 0 saturated carbocycles. The van der Waals surface area contributed by atoms with Crippen LogP contribution in [0.3, 0.4) is 0 Å². The first-order valence-electron chi connectivity index (χ1n) is 0. The summed E-state index contributed by atoms with van der Waals surface area (Å²) in [5.41, 5.74) is 0. The van der Waals surface area contributed by atoms with Crippen LogP contribution in [0.5, 0.6) is 0 Å². The van der Waals surface area contributed by atoms with Crippen LogP contribution in [0, 0.1) is 0 Å². The largest absolute Gasteiger partial charge is 3.00 e. The maximum absolute atomic E-state index is 0. The van der Waals surface area contributed by atoms with Crippen molar-refractivity contribution >= 4 is 17.4 Å². The molecule has 0 bridgehead atoms. The maximum Gasteiger partial charge on any atom is 3.00 e. The first-order chi connectivity index (χ1) is 0. The molecule has 1 nitrogen and oxygen atoms in total. The Morgan fingerprint density at radius 3 is 1.00 bits per heavy atom. The molecular formula is AlCoMnNiO+7. The van der Waals surface area contributed by atoms with Crippen molar-refractivity contribution in [2.45, 2.75) is 0 Å². The third kappa shape index (κ3) is 23.9. The van der Waals surface area contributed by atoms with E-state index in [1.54, 1.807) is 0 Å². The van der Waals surface area contributed by atoms with Crippen LogP contribution in [0.15, 0.2) is 0 Å². The average Bonchev–Trinajstić information content (AvgIpc) is 0. The van der Waals surface area contributed by atoms with Gasteiger partial charge in [0.15, 0.2) is 0 Å². The van der Waals surface area contributed by atoms with Crippen molar-refractivity contribution < 1.29 is 55.8 Å². The molecule has 0 N–H and O–H groups in total. The summed E-state index contributed by atoms with van der Waals surface area (Å²) in [6.45, 7) is 0. The molecule has 5 heteroatoms. The Labute approximate surface area is 72.7 Å². The fraction of sp³-hybridized carbons (Fsp3) is 0. The van der Waals surface area contributed by atoms with Crippen LogP contribution in [0.4, 0.5) is 0 Å². The predicted molar refractivity (Wildman–Crippen MR) is 6.44 cm³/mol. The average molecular weight is 216 g/mol. The van der Waals surface area contributed by atoms with Crippen molar-refractivity contribution in [2.75, 3.05) is 0 Å². The van der Waals surface area contributed by atoms with Crippen molar-refractivity contribution in [1.82, 2.24) is 0 Å². The van der Waals surface area contributed by atoms with E-state index in [1.807, 2.05) is 0 Å². The van der Waals surface area contributed by atoms with E-state index < -0.39 is 0 Å². The molecule has 0 spiro atoms. The van der Waals surface area contributed by atoms with Gasteiger partial charge in [0.2, 0.25) is 0 Å². The van der Waals surface area contributed by atoms with Gasteiger partial charge in [-0.1, -0.05) is 0 Å². The topological polar surface area (TPSA) is 28.5 Å². The van der Waals surface area contributed by atoms with Crippen LogP contribution in [0.2, 0.25) is 0 Å². The molecule has 0 saturated heterocycles. The molecule has 0 unspecified atom stereocenters. The molecule has 0 aromatic heterocycles. The minimum Gasteiger partial charge on any atom is -2.00 e. The molecular weight excluding hydrogens is 216 g/mol. The Hall–Kier alpha value is 2.01. The predicted octanol–water partition coefficient (Wildman–Crippen LogP) is -0.507. The van der Waals surface area contributed by atoms with Gasteiger partial charge in [0.25, 0.3) is 0 Å². The number of rotatable bonds is 0. The van der Waals surface area contributed by atoms with E-state index in [0.717, 1.165) is 0 Å². The maximum atomic E-state index is 0. The molecule has 0 fully saturated rings. The van der Waals surface area contributed by atoms with Crippen LogP contribution >= 0.6 is 0 Å². The van der Waals surface area contributed by atoms with Crippen LogP contribution in [-0.2, 0) is 55.8 Å². The summed E-state index contributed by atoms with van der Waals surface area (Å²) in [4.78, 5) is 0. The van der Waals surface area contributed by atoms with Crippen LogP contribution < -0.4 is 0 Å². The van der Waals surface area contributed by atoms with Gasteiger partial charge in [0, 0.05) is 0 Å². The Kier molecular flexibility index (Phi) is 467. The Balaban J connectivity index is 0. The summed E-state index contributed by atoms with van der Waals surface area (Å²) >= 11 is 0. The van der Waals surface area contributed by atoms with Crippen molar-refractivity contribution in [3.05, 3.63) is 0 Å². The summed E-state index contributed by atoms with van der Waals surface area (Å²) in [7, 11) is 0. The minimum absolute atomic E-state index is 0. The van der Waals surface area contributed by atoms with Gasteiger partial charge < -0.3 is 5.48 Å². The van der Waals surface area contributed by atoms with Gasteiger partial charge in [-0.2, -0.15) is 0 Å². The summed E-state index contributed by atoms with van der Waals surface area (Å²) in [5, 5.41) is 0. The molecule has 0 heterocycles. The molecule has 0 aliphatic heterocycles. The van der Waals surface area contributed by atoms with E-state index in [1.165, 1.54) is 0 Å². The monoisotopic (exact) mass is 215 g/mol. The zero-order valence-electron chi connectivity index (χ0n) is 2.01. The van der Waals surface area contributed by atoms with Gasteiger partial charge in [-0.05, 0) is 0 Å². The molecule has 0 aliphatic carbocycles. The minimum atomic E-state index is 0. The zero-order valence-corrected chi connectivity index (χ0v) is 6.38. The van der Waals surface area contributed by atoms with Crippen molar-refractivity contribution in [3.8, 4) is 0 Å². The van der Waals surface area contributed by atoms with Crippen LogP contribution in [0.25, 0.3) is 0 Å². The van der Waals surface area contributed by atoms with E-state index in [-0.39, 0.29) is 73.2 Å². The third-order valence-electron chi connectivity index (χ3n) is 0. The van der Waals surface area contributed by atoms with E-state index in [2.05, 4.69) is 0 Å². The molecule has 5 heavy (non-hydrogen) atoms.